The Labute approximate surface area is 242 Å². The number of Topliss-reactive ketones (excluding diaryl/α,β-unsaturated/α-hetero) is 1. The molecule has 194 valence electrons. The van der Waals surface area contributed by atoms with E-state index in [2.05, 4.69) is 50.4 Å². The third-order valence-corrected chi connectivity index (χ3v) is 8.28. The normalized spacial score (nSPS) is 18.4. The summed E-state index contributed by atoms with van der Waals surface area (Å²) in [5.74, 6) is -1.66. The molecule has 0 bridgehead atoms. The monoisotopic (exact) mass is 595 g/mol. The van der Waals surface area contributed by atoms with Gasteiger partial charge in [-0.05, 0) is 64.9 Å². The summed E-state index contributed by atoms with van der Waals surface area (Å²) in [4.78, 5) is 26.0. The molecule has 2 unspecified atom stereocenters. The Balaban J connectivity index is 1.43. The molecule has 0 saturated heterocycles. The zero-order valence-electron chi connectivity index (χ0n) is 20.5. The van der Waals surface area contributed by atoms with Crippen molar-refractivity contribution in [3.05, 3.63) is 98.0 Å². The van der Waals surface area contributed by atoms with Gasteiger partial charge in [-0.15, -0.1) is 23.2 Å². The highest BCUT2D eigenvalue weighted by Crippen LogP contribution is 2.65. The summed E-state index contributed by atoms with van der Waals surface area (Å²) in [6.45, 7) is 6.49. The summed E-state index contributed by atoms with van der Waals surface area (Å²) in [6.07, 6.45) is 0.877. The number of ketones is 1. The van der Waals surface area contributed by atoms with Crippen LogP contribution in [-0.2, 0) is 16.6 Å². The number of halogens is 5. The summed E-state index contributed by atoms with van der Waals surface area (Å²) >= 11 is 31.5. The fraction of sp³-hybridized carbons (Fsp3) is 0.310. The minimum Gasteiger partial charge on any atom is -0.326 e. The molecule has 1 N–H and O–H groups in total. The number of aryl methyl sites for hydroxylation is 1. The van der Waals surface area contributed by atoms with Gasteiger partial charge in [-0.25, -0.2) is 0 Å². The SMILES string of the molecule is CC(C)(C)c1ccc(CCC(=O)c2cc(NC(=O)C3C(c4cc(Cl)cc(Cl)c4)C3(Cl)Cl)ccc2Cl)cc1. The lowest BCUT2D eigenvalue weighted by atomic mass is 9.86. The fourth-order valence-corrected chi connectivity index (χ4v) is 6.02. The Morgan fingerprint density at radius 3 is 2.11 bits per heavy atom. The number of nitrogens with one attached hydrogen (secondary N) is 1. The van der Waals surface area contributed by atoms with Gasteiger partial charge in [-0.2, -0.15) is 0 Å². The van der Waals surface area contributed by atoms with E-state index < -0.39 is 16.2 Å². The molecule has 1 fully saturated rings. The third-order valence-electron chi connectivity index (χ3n) is 6.58. The molecule has 2 atom stereocenters. The fourth-order valence-electron chi connectivity index (χ4n) is 4.42. The molecule has 0 heterocycles. The van der Waals surface area contributed by atoms with E-state index in [0.29, 0.717) is 44.7 Å². The molecule has 8 heteroatoms. The van der Waals surface area contributed by atoms with Gasteiger partial charge < -0.3 is 5.32 Å². The average molecular weight is 598 g/mol. The first-order valence-corrected chi connectivity index (χ1v) is 13.7. The summed E-state index contributed by atoms with van der Waals surface area (Å²) in [7, 11) is 0. The molecule has 0 spiro atoms. The van der Waals surface area contributed by atoms with Crippen molar-refractivity contribution in [1.29, 1.82) is 0 Å². The quantitative estimate of drug-likeness (QED) is 0.218. The molecule has 3 aromatic carbocycles. The predicted molar refractivity (Wildman–Crippen MR) is 155 cm³/mol. The molecular formula is C29H26Cl5NO2. The van der Waals surface area contributed by atoms with Gasteiger partial charge in [0.25, 0.3) is 0 Å². The average Bonchev–Trinajstić information content (AvgIpc) is 3.40. The van der Waals surface area contributed by atoms with Crippen molar-refractivity contribution in [2.45, 2.75) is 49.3 Å². The molecule has 3 nitrogen and oxygen atoms in total. The second-order valence-corrected chi connectivity index (χ2v) is 13.1. The first-order chi connectivity index (χ1) is 17.3. The van der Waals surface area contributed by atoms with Gasteiger partial charge >= 0.3 is 0 Å². The summed E-state index contributed by atoms with van der Waals surface area (Å²) in [6, 6.07) is 18.1. The summed E-state index contributed by atoms with van der Waals surface area (Å²) in [5.41, 5.74) is 3.85. The Bertz CT molecular complexity index is 1330. The molecule has 0 aliphatic heterocycles. The molecule has 0 radical (unpaired) electrons. The van der Waals surface area contributed by atoms with Crippen LogP contribution in [0.1, 0.15) is 60.2 Å². The van der Waals surface area contributed by atoms with Gasteiger partial charge in [0.05, 0.1) is 10.9 Å². The van der Waals surface area contributed by atoms with Crippen molar-refractivity contribution in [1.82, 2.24) is 0 Å². The number of hydrogen-bond donors (Lipinski definition) is 1. The smallest absolute Gasteiger partial charge is 0.231 e. The molecule has 3 aromatic rings. The van der Waals surface area contributed by atoms with Gasteiger partial charge in [0.1, 0.15) is 4.33 Å². The van der Waals surface area contributed by atoms with Crippen LogP contribution in [0.5, 0.6) is 0 Å². The molecule has 0 aromatic heterocycles. The molecule has 4 rings (SSSR count). The number of carbonyl (C=O) groups excluding carboxylic acids is 2. The zero-order chi connectivity index (χ0) is 27.1. The number of amides is 1. The van der Waals surface area contributed by atoms with Crippen LogP contribution in [-0.4, -0.2) is 16.0 Å². The minimum atomic E-state index is -1.30. The minimum absolute atomic E-state index is 0.0704. The van der Waals surface area contributed by atoms with E-state index in [1.54, 1.807) is 36.4 Å². The van der Waals surface area contributed by atoms with Gasteiger partial charge in [-0.3, -0.25) is 9.59 Å². The predicted octanol–water partition coefficient (Wildman–Crippen LogP) is 9.29. The van der Waals surface area contributed by atoms with E-state index in [0.717, 1.165) is 5.56 Å². The number of alkyl halides is 2. The Morgan fingerprint density at radius 1 is 0.892 bits per heavy atom. The van der Waals surface area contributed by atoms with Crippen LogP contribution in [0.15, 0.2) is 60.7 Å². The maximum Gasteiger partial charge on any atom is 0.231 e. The first kappa shape index (κ1) is 28.3. The highest BCUT2D eigenvalue weighted by Gasteiger charge is 2.67. The Kier molecular flexibility index (Phi) is 8.24. The van der Waals surface area contributed by atoms with Crippen LogP contribution in [0.25, 0.3) is 0 Å². The second kappa shape index (κ2) is 10.8. The molecule has 1 aliphatic rings. The highest BCUT2D eigenvalue weighted by atomic mass is 35.5. The topological polar surface area (TPSA) is 46.2 Å². The van der Waals surface area contributed by atoms with Crippen molar-refractivity contribution in [3.63, 3.8) is 0 Å². The van der Waals surface area contributed by atoms with Crippen LogP contribution < -0.4 is 5.32 Å². The van der Waals surface area contributed by atoms with E-state index in [-0.39, 0.29) is 17.1 Å². The number of anilines is 1. The summed E-state index contributed by atoms with van der Waals surface area (Å²) in [5, 5.41) is 4.02. The van der Waals surface area contributed by atoms with E-state index in [9.17, 15) is 9.59 Å². The lowest BCUT2D eigenvalue weighted by Crippen LogP contribution is -2.17. The van der Waals surface area contributed by atoms with Crippen molar-refractivity contribution >= 4 is 75.4 Å². The van der Waals surface area contributed by atoms with Crippen LogP contribution in [0.4, 0.5) is 5.69 Å². The van der Waals surface area contributed by atoms with Crippen LogP contribution >= 0.6 is 58.0 Å². The summed E-state index contributed by atoms with van der Waals surface area (Å²) < 4.78 is -1.30. The standard InChI is InChI=1S/C29H26Cl5NO2/c1-28(2,3)18-7-4-16(5-8-18)6-11-24(36)22-15-21(9-10-23(22)32)35-27(37)26-25(29(26,33)34)17-12-19(30)14-20(31)13-17/h4-5,7-10,12-15,25-26H,6,11H2,1-3H3,(H,35,37). The zero-order valence-corrected chi connectivity index (χ0v) is 24.3. The Hall–Kier alpha value is -1.75. The van der Waals surface area contributed by atoms with Crippen molar-refractivity contribution < 1.29 is 9.59 Å². The Morgan fingerprint density at radius 2 is 1.51 bits per heavy atom. The maximum atomic E-state index is 13.1. The second-order valence-electron chi connectivity index (χ2n) is 10.4. The molecule has 37 heavy (non-hydrogen) atoms. The van der Waals surface area contributed by atoms with E-state index in [4.69, 9.17) is 58.0 Å². The molecular weight excluding hydrogens is 572 g/mol. The lowest BCUT2D eigenvalue weighted by Gasteiger charge is -2.19. The lowest BCUT2D eigenvalue weighted by molar-refractivity contribution is -0.117. The number of rotatable bonds is 7. The highest BCUT2D eigenvalue weighted by molar-refractivity contribution is 6.53. The molecule has 1 aliphatic carbocycles. The van der Waals surface area contributed by atoms with Gasteiger partial charge in [0.15, 0.2) is 5.78 Å². The van der Waals surface area contributed by atoms with E-state index in [1.165, 1.54) is 5.56 Å². The van der Waals surface area contributed by atoms with Crippen LogP contribution in [0, 0.1) is 5.92 Å². The number of benzene rings is 3. The number of hydrogen-bond acceptors (Lipinski definition) is 2. The maximum absolute atomic E-state index is 13.1. The van der Waals surface area contributed by atoms with E-state index in [1.807, 2.05) is 0 Å². The van der Waals surface area contributed by atoms with Crippen LogP contribution in [0.2, 0.25) is 15.1 Å². The van der Waals surface area contributed by atoms with Crippen molar-refractivity contribution in [2.75, 3.05) is 5.32 Å². The van der Waals surface area contributed by atoms with Crippen molar-refractivity contribution in [2.24, 2.45) is 5.92 Å². The molecule has 1 saturated carbocycles. The third kappa shape index (κ3) is 6.46. The van der Waals surface area contributed by atoms with Crippen LogP contribution in [0.3, 0.4) is 0 Å². The number of carbonyl (C=O) groups is 2. The molecule has 1 amide bonds. The van der Waals surface area contributed by atoms with E-state index >= 15 is 0 Å². The van der Waals surface area contributed by atoms with Gasteiger partial charge in [0.2, 0.25) is 5.91 Å². The first-order valence-electron chi connectivity index (χ1n) is 11.8. The van der Waals surface area contributed by atoms with Gasteiger partial charge in [0, 0.05) is 33.6 Å². The van der Waals surface area contributed by atoms with Gasteiger partial charge in [-0.1, -0.05) is 79.8 Å². The largest absolute Gasteiger partial charge is 0.326 e. The van der Waals surface area contributed by atoms with Crippen molar-refractivity contribution in [3.8, 4) is 0 Å².